The molecule has 2 aromatic rings. The topological polar surface area (TPSA) is 74.8 Å². The molecule has 23 heavy (non-hydrogen) atoms. The summed E-state index contributed by atoms with van der Waals surface area (Å²) in [4.78, 5) is 49.5. The van der Waals surface area contributed by atoms with Gasteiger partial charge < -0.3 is 0 Å². The van der Waals surface area contributed by atoms with Crippen LogP contribution in [0, 0.1) is 0 Å². The van der Waals surface area contributed by atoms with Crippen molar-refractivity contribution in [2.45, 2.75) is 0 Å². The van der Waals surface area contributed by atoms with Crippen molar-refractivity contribution in [1.29, 1.82) is 0 Å². The molecule has 2 aliphatic rings. The zero-order chi connectivity index (χ0) is 16.1. The summed E-state index contributed by atoms with van der Waals surface area (Å²) in [6, 6.07) is 13.0. The number of carbonyl (C=O) groups excluding carboxylic acids is 4. The number of amides is 4. The van der Waals surface area contributed by atoms with Gasteiger partial charge >= 0.3 is 142 Å². The van der Waals surface area contributed by atoms with Crippen molar-refractivity contribution < 1.29 is 40.9 Å². The molecule has 0 atom stereocenters. The number of hydrogen-bond donors (Lipinski definition) is 0. The predicted molar refractivity (Wildman–Crippen MR) is 73.9 cm³/mol. The zero-order valence-electron chi connectivity index (χ0n) is 11.5. The van der Waals surface area contributed by atoms with Crippen molar-refractivity contribution in [3.8, 4) is 0 Å². The summed E-state index contributed by atoms with van der Waals surface area (Å²) in [5, 5.41) is 0. The maximum atomic E-state index is 12.4. The first kappa shape index (κ1) is 14.1. The summed E-state index contributed by atoms with van der Waals surface area (Å²) in [6.07, 6.45) is 0. The number of hydrogen-bond acceptors (Lipinski definition) is 4. The Hall–Kier alpha value is -2.55. The van der Waals surface area contributed by atoms with Crippen LogP contribution in [0.5, 0.6) is 0 Å². The van der Waals surface area contributed by atoms with Crippen LogP contribution in [0.25, 0.3) is 0 Å². The van der Waals surface area contributed by atoms with Gasteiger partial charge in [-0.15, -0.1) is 0 Å². The molecule has 0 saturated heterocycles. The molecule has 0 bridgehead atoms. The molecule has 2 aliphatic heterocycles. The van der Waals surface area contributed by atoms with Gasteiger partial charge in [-0.3, -0.25) is 0 Å². The summed E-state index contributed by atoms with van der Waals surface area (Å²) >= 11 is -1.57. The van der Waals surface area contributed by atoms with Crippen molar-refractivity contribution >= 4 is 23.6 Å². The number of benzene rings is 2. The molecular formula is C16H8IN2O4-. The Morgan fingerprint density at radius 1 is 0.522 bits per heavy atom. The van der Waals surface area contributed by atoms with E-state index in [4.69, 9.17) is 0 Å². The van der Waals surface area contributed by atoms with Gasteiger partial charge in [0.1, 0.15) is 0 Å². The number of nitrogens with zero attached hydrogens (tertiary/aromatic N) is 2. The average molecular weight is 419 g/mol. The van der Waals surface area contributed by atoms with Gasteiger partial charge in [-0.2, -0.15) is 0 Å². The summed E-state index contributed by atoms with van der Waals surface area (Å²) in [7, 11) is 0. The van der Waals surface area contributed by atoms with E-state index in [1.165, 1.54) is 0 Å². The Morgan fingerprint density at radius 2 is 0.783 bits per heavy atom. The summed E-state index contributed by atoms with van der Waals surface area (Å²) < 4.78 is 2.07. The summed E-state index contributed by atoms with van der Waals surface area (Å²) in [6.45, 7) is 0. The van der Waals surface area contributed by atoms with Crippen molar-refractivity contribution in [3.05, 3.63) is 70.8 Å². The second kappa shape index (κ2) is 4.98. The fraction of sp³-hybridized carbons (Fsp3) is 0. The van der Waals surface area contributed by atoms with Crippen molar-refractivity contribution in [1.82, 2.24) is 6.23 Å². The van der Waals surface area contributed by atoms with E-state index < -0.39 is 45.4 Å². The van der Waals surface area contributed by atoms with Gasteiger partial charge in [-0.1, -0.05) is 0 Å². The number of imide groups is 2. The van der Waals surface area contributed by atoms with Gasteiger partial charge in [0.15, 0.2) is 0 Å². The van der Waals surface area contributed by atoms with Crippen molar-refractivity contribution in [2.75, 3.05) is 0 Å². The Morgan fingerprint density at radius 3 is 1.04 bits per heavy atom. The van der Waals surface area contributed by atoms with Gasteiger partial charge in [0, 0.05) is 0 Å². The molecule has 114 valence electrons. The fourth-order valence-electron chi connectivity index (χ4n) is 2.53. The summed E-state index contributed by atoms with van der Waals surface area (Å²) in [5.74, 6) is -1.80. The zero-order valence-corrected chi connectivity index (χ0v) is 13.7. The summed E-state index contributed by atoms with van der Waals surface area (Å²) in [5.41, 5.74) is 1.25. The van der Waals surface area contributed by atoms with Crippen LogP contribution < -0.4 is 21.8 Å². The third kappa shape index (κ3) is 1.93. The molecule has 0 unspecified atom stereocenters. The molecular weight excluding hydrogens is 411 g/mol. The van der Waals surface area contributed by atoms with E-state index in [1.807, 2.05) is 0 Å². The molecule has 7 heteroatoms. The van der Waals surface area contributed by atoms with Gasteiger partial charge in [0.05, 0.1) is 0 Å². The van der Waals surface area contributed by atoms with Crippen LogP contribution in [-0.2, 0) is 0 Å². The van der Waals surface area contributed by atoms with E-state index in [0.29, 0.717) is 22.3 Å². The Labute approximate surface area is 141 Å². The van der Waals surface area contributed by atoms with E-state index >= 15 is 0 Å². The van der Waals surface area contributed by atoms with E-state index in [-0.39, 0.29) is 0 Å². The predicted octanol–water partition coefficient (Wildman–Crippen LogP) is -1.50. The van der Waals surface area contributed by atoms with Crippen molar-refractivity contribution in [2.24, 2.45) is 0 Å². The van der Waals surface area contributed by atoms with Crippen LogP contribution >= 0.6 is 0 Å². The second-order valence-electron chi connectivity index (χ2n) is 4.95. The first-order chi connectivity index (χ1) is 11.1. The second-order valence-corrected chi connectivity index (χ2v) is 7.31. The SMILES string of the molecule is O=C1c2ccccc2C(=O)N1[I-]N1C(=O)c2ccccc2C1=O. The Balaban J connectivity index is 1.66. The fourth-order valence-corrected chi connectivity index (χ4v) is 4.79. The number of fused-ring (bicyclic) bond motifs is 2. The molecule has 0 aliphatic carbocycles. The van der Waals surface area contributed by atoms with Gasteiger partial charge in [-0.25, -0.2) is 0 Å². The van der Waals surface area contributed by atoms with E-state index in [9.17, 15) is 19.2 Å². The molecule has 0 fully saturated rings. The Kier molecular flexibility index (Phi) is 3.05. The van der Waals surface area contributed by atoms with Gasteiger partial charge in [0.2, 0.25) is 0 Å². The Bertz CT molecular complexity index is 765. The standard InChI is InChI=1S/C16H8IN2O4/c20-13-9-5-1-2-6-10(9)14(21)18(13)17-19-15(22)11-7-3-4-8-12(11)16(19)23/h1-8H/q-1. The molecule has 0 N–H and O–H groups in total. The molecule has 4 rings (SSSR count). The first-order valence-corrected chi connectivity index (χ1v) is 8.63. The van der Waals surface area contributed by atoms with Gasteiger partial charge in [-0.05, 0) is 0 Å². The molecule has 0 saturated carbocycles. The maximum absolute atomic E-state index is 12.4. The minimum atomic E-state index is -1.57. The monoisotopic (exact) mass is 419 g/mol. The van der Waals surface area contributed by atoms with Crippen LogP contribution in [0.3, 0.4) is 0 Å². The third-order valence-electron chi connectivity index (χ3n) is 3.64. The minimum absolute atomic E-state index is 0.314. The van der Waals surface area contributed by atoms with Crippen LogP contribution in [0.1, 0.15) is 41.4 Å². The molecule has 2 aromatic carbocycles. The normalized spacial score (nSPS) is 16.3. The number of halogens is 1. The van der Waals surface area contributed by atoms with Crippen LogP contribution in [0.4, 0.5) is 0 Å². The third-order valence-corrected chi connectivity index (χ3v) is 6.26. The molecule has 4 amide bonds. The van der Waals surface area contributed by atoms with E-state index in [0.717, 1.165) is 6.23 Å². The van der Waals surface area contributed by atoms with Crippen LogP contribution in [0.2, 0.25) is 0 Å². The van der Waals surface area contributed by atoms with E-state index in [2.05, 4.69) is 0 Å². The number of carbonyl (C=O) groups is 4. The quantitative estimate of drug-likeness (QED) is 0.338. The van der Waals surface area contributed by atoms with Gasteiger partial charge in [0.25, 0.3) is 0 Å². The van der Waals surface area contributed by atoms with Crippen molar-refractivity contribution in [3.63, 3.8) is 0 Å². The molecule has 0 radical (unpaired) electrons. The first-order valence-electron chi connectivity index (χ1n) is 6.70. The van der Waals surface area contributed by atoms with Crippen LogP contribution in [0.15, 0.2) is 48.5 Å². The molecule has 0 spiro atoms. The molecule has 6 nitrogen and oxygen atoms in total. The van der Waals surface area contributed by atoms with E-state index in [1.54, 1.807) is 48.5 Å². The number of rotatable bonds is 2. The molecule has 2 heterocycles. The average Bonchev–Trinajstić information content (AvgIpc) is 2.97. The molecule has 0 aromatic heterocycles. The van der Waals surface area contributed by atoms with Crippen LogP contribution in [-0.4, -0.2) is 29.9 Å².